The van der Waals surface area contributed by atoms with Gasteiger partial charge in [0.05, 0.1) is 16.9 Å². The first-order valence-corrected chi connectivity index (χ1v) is 8.47. The normalized spacial score (nSPS) is 22.6. The number of hydrogen-bond donors (Lipinski definition) is 1. The monoisotopic (exact) mass is 303 g/mol. The SMILES string of the molecule is C=C1NC(=O)C(Cc2ccc(OCC3CCCC3)cc2)S1. The molecule has 1 aromatic rings. The first-order chi connectivity index (χ1) is 10.2. The van der Waals surface area contributed by atoms with Crippen molar-refractivity contribution in [2.75, 3.05) is 6.61 Å². The lowest BCUT2D eigenvalue weighted by atomic mass is 10.1. The van der Waals surface area contributed by atoms with Gasteiger partial charge in [0.2, 0.25) is 5.91 Å². The lowest BCUT2D eigenvalue weighted by Crippen LogP contribution is -2.23. The third-order valence-electron chi connectivity index (χ3n) is 4.14. The molecule has 0 aromatic heterocycles. The number of nitrogens with one attached hydrogen (secondary N) is 1. The van der Waals surface area contributed by atoms with Gasteiger partial charge in [-0.3, -0.25) is 4.79 Å². The maximum absolute atomic E-state index is 11.7. The molecule has 0 bridgehead atoms. The summed E-state index contributed by atoms with van der Waals surface area (Å²) in [4.78, 5) is 11.7. The standard InChI is InChI=1S/C17H21NO2S/c1-12-18-17(19)16(21-12)10-13-6-8-15(9-7-13)20-11-14-4-2-3-5-14/h6-9,14,16H,1-5,10-11H2,(H,18,19). The van der Waals surface area contributed by atoms with Crippen LogP contribution in [0.1, 0.15) is 31.2 Å². The molecule has 1 saturated heterocycles. The van der Waals surface area contributed by atoms with Crippen LogP contribution in [0.5, 0.6) is 5.75 Å². The quantitative estimate of drug-likeness (QED) is 0.905. The van der Waals surface area contributed by atoms with E-state index in [2.05, 4.69) is 24.0 Å². The van der Waals surface area contributed by atoms with Crippen molar-refractivity contribution in [1.29, 1.82) is 0 Å². The smallest absolute Gasteiger partial charge is 0.238 e. The molecule has 1 heterocycles. The van der Waals surface area contributed by atoms with Crippen LogP contribution in [0.3, 0.4) is 0 Å². The molecule has 1 aliphatic carbocycles. The third-order valence-corrected chi connectivity index (χ3v) is 5.20. The number of hydrogen-bond acceptors (Lipinski definition) is 3. The van der Waals surface area contributed by atoms with E-state index < -0.39 is 0 Å². The van der Waals surface area contributed by atoms with Crippen LogP contribution in [0.25, 0.3) is 0 Å². The summed E-state index contributed by atoms with van der Waals surface area (Å²) >= 11 is 1.51. The molecule has 3 nitrogen and oxygen atoms in total. The second-order valence-corrected chi connectivity index (χ2v) is 7.13. The van der Waals surface area contributed by atoms with E-state index >= 15 is 0 Å². The zero-order chi connectivity index (χ0) is 14.7. The van der Waals surface area contributed by atoms with Gasteiger partial charge in [-0.25, -0.2) is 0 Å². The Balaban J connectivity index is 1.51. The highest BCUT2D eigenvalue weighted by molar-refractivity contribution is 8.04. The number of carbonyl (C=O) groups is 1. The summed E-state index contributed by atoms with van der Waals surface area (Å²) < 4.78 is 5.85. The highest BCUT2D eigenvalue weighted by atomic mass is 32.2. The van der Waals surface area contributed by atoms with Crippen LogP contribution < -0.4 is 10.1 Å². The zero-order valence-corrected chi connectivity index (χ0v) is 13.0. The van der Waals surface area contributed by atoms with Gasteiger partial charge in [-0.2, -0.15) is 0 Å². The Labute approximate surface area is 130 Å². The summed E-state index contributed by atoms with van der Waals surface area (Å²) in [5, 5.41) is 3.45. The molecule has 1 N–H and O–H groups in total. The maximum atomic E-state index is 11.7. The second kappa shape index (κ2) is 6.56. The van der Waals surface area contributed by atoms with Crippen molar-refractivity contribution in [3.05, 3.63) is 41.4 Å². The van der Waals surface area contributed by atoms with Crippen molar-refractivity contribution >= 4 is 17.7 Å². The van der Waals surface area contributed by atoms with Crippen LogP contribution in [0.15, 0.2) is 35.9 Å². The minimum absolute atomic E-state index is 0.0530. The van der Waals surface area contributed by atoms with Gasteiger partial charge in [0.25, 0.3) is 0 Å². The van der Waals surface area contributed by atoms with Crippen LogP contribution in [0.4, 0.5) is 0 Å². The van der Waals surface area contributed by atoms with E-state index in [1.54, 1.807) is 0 Å². The highest BCUT2D eigenvalue weighted by Crippen LogP contribution is 2.29. The number of carbonyl (C=O) groups excluding carboxylic acids is 1. The van der Waals surface area contributed by atoms with Gasteiger partial charge in [0, 0.05) is 0 Å². The van der Waals surface area contributed by atoms with Gasteiger partial charge in [0.15, 0.2) is 0 Å². The Bertz CT molecular complexity index is 520. The first-order valence-electron chi connectivity index (χ1n) is 7.59. The van der Waals surface area contributed by atoms with Crippen LogP contribution in [-0.4, -0.2) is 17.8 Å². The summed E-state index contributed by atoms with van der Waals surface area (Å²) in [5.74, 6) is 1.72. The molecule has 0 spiro atoms. The van der Waals surface area contributed by atoms with Crippen molar-refractivity contribution < 1.29 is 9.53 Å². The van der Waals surface area contributed by atoms with Crippen molar-refractivity contribution in [2.24, 2.45) is 5.92 Å². The van der Waals surface area contributed by atoms with E-state index in [4.69, 9.17) is 4.74 Å². The van der Waals surface area contributed by atoms with Crippen LogP contribution in [0, 0.1) is 5.92 Å². The Morgan fingerprint density at radius 3 is 2.57 bits per heavy atom. The summed E-state index contributed by atoms with van der Waals surface area (Å²) in [6, 6.07) is 8.13. The third kappa shape index (κ3) is 3.82. The van der Waals surface area contributed by atoms with Gasteiger partial charge in [-0.05, 0) is 42.9 Å². The zero-order valence-electron chi connectivity index (χ0n) is 12.1. The number of rotatable bonds is 5. The van der Waals surface area contributed by atoms with Gasteiger partial charge >= 0.3 is 0 Å². The topological polar surface area (TPSA) is 38.3 Å². The Kier molecular flexibility index (Phi) is 4.54. The fraction of sp³-hybridized carbons (Fsp3) is 0.471. The molecule has 1 aromatic carbocycles. The average molecular weight is 303 g/mol. The van der Waals surface area contributed by atoms with Crippen LogP contribution in [-0.2, 0) is 11.2 Å². The summed E-state index contributed by atoms with van der Waals surface area (Å²) in [7, 11) is 0. The number of amides is 1. The predicted octanol–water partition coefficient (Wildman–Crippen LogP) is 3.50. The first kappa shape index (κ1) is 14.5. The minimum atomic E-state index is -0.0530. The minimum Gasteiger partial charge on any atom is -0.493 e. The average Bonchev–Trinajstić information content (AvgIpc) is 3.08. The van der Waals surface area contributed by atoms with Crippen molar-refractivity contribution in [2.45, 2.75) is 37.4 Å². The molecule has 21 heavy (non-hydrogen) atoms. The molecular formula is C17H21NO2S. The number of ether oxygens (including phenoxy) is 1. The Morgan fingerprint density at radius 2 is 1.95 bits per heavy atom. The van der Waals surface area contributed by atoms with Crippen molar-refractivity contribution in [3.8, 4) is 5.75 Å². The molecular weight excluding hydrogens is 282 g/mol. The van der Waals surface area contributed by atoms with Crippen LogP contribution in [0.2, 0.25) is 0 Å². The molecule has 1 saturated carbocycles. The molecule has 4 heteroatoms. The second-order valence-electron chi connectivity index (χ2n) is 5.83. The van der Waals surface area contributed by atoms with E-state index in [0.717, 1.165) is 35.3 Å². The number of benzene rings is 1. The van der Waals surface area contributed by atoms with Gasteiger partial charge in [-0.15, -0.1) is 0 Å². The molecule has 112 valence electrons. The molecule has 1 aliphatic heterocycles. The Hall–Kier alpha value is -1.42. The fourth-order valence-electron chi connectivity index (χ4n) is 2.93. The Morgan fingerprint density at radius 1 is 1.24 bits per heavy atom. The molecule has 1 amide bonds. The predicted molar refractivity (Wildman–Crippen MR) is 86.3 cm³/mol. The van der Waals surface area contributed by atoms with Gasteiger partial charge in [0.1, 0.15) is 5.75 Å². The molecule has 2 aliphatic rings. The lowest BCUT2D eigenvalue weighted by molar-refractivity contribution is -0.119. The van der Waals surface area contributed by atoms with E-state index in [-0.39, 0.29) is 11.2 Å². The molecule has 0 radical (unpaired) electrons. The largest absolute Gasteiger partial charge is 0.493 e. The molecule has 3 rings (SSSR count). The van der Waals surface area contributed by atoms with E-state index in [9.17, 15) is 4.79 Å². The maximum Gasteiger partial charge on any atom is 0.238 e. The van der Waals surface area contributed by atoms with E-state index in [1.807, 2.05) is 12.1 Å². The summed E-state index contributed by atoms with van der Waals surface area (Å²) in [5.41, 5.74) is 1.16. The van der Waals surface area contributed by atoms with Gasteiger partial charge < -0.3 is 10.1 Å². The van der Waals surface area contributed by atoms with E-state index in [1.165, 1.54) is 37.4 Å². The molecule has 1 unspecified atom stereocenters. The summed E-state index contributed by atoms with van der Waals surface area (Å²) in [6.45, 7) is 4.62. The highest BCUT2D eigenvalue weighted by Gasteiger charge is 2.27. The number of thioether (sulfide) groups is 1. The fourth-order valence-corrected chi connectivity index (χ4v) is 3.88. The van der Waals surface area contributed by atoms with Crippen molar-refractivity contribution in [3.63, 3.8) is 0 Å². The van der Waals surface area contributed by atoms with Crippen molar-refractivity contribution in [1.82, 2.24) is 5.32 Å². The van der Waals surface area contributed by atoms with E-state index in [0.29, 0.717) is 0 Å². The molecule has 2 fully saturated rings. The molecule has 1 atom stereocenters. The van der Waals surface area contributed by atoms with Crippen LogP contribution >= 0.6 is 11.8 Å². The van der Waals surface area contributed by atoms with Gasteiger partial charge in [-0.1, -0.05) is 43.3 Å². The lowest BCUT2D eigenvalue weighted by Gasteiger charge is -2.12. The summed E-state index contributed by atoms with van der Waals surface area (Å²) in [6.07, 6.45) is 6.03.